The first-order valence-corrected chi connectivity index (χ1v) is 4.46. The Labute approximate surface area is 73.6 Å². The number of thioether (sulfide) groups is 1. The highest BCUT2D eigenvalue weighted by Crippen LogP contribution is 2.13. The Kier molecular flexibility index (Phi) is 3.48. The fourth-order valence-electron chi connectivity index (χ4n) is 0.602. The molecule has 0 saturated heterocycles. The van der Waals surface area contributed by atoms with Crippen LogP contribution in [0.2, 0.25) is 0 Å². The predicted molar refractivity (Wildman–Crippen MR) is 43.8 cm³/mol. The zero-order valence-corrected chi connectivity index (χ0v) is 7.44. The van der Waals surface area contributed by atoms with Gasteiger partial charge in [-0.15, -0.1) is 5.10 Å². The van der Waals surface area contributed by atoms with Gasteiger partial charge in [-0.3, -0.25) is 5.10 Å². The topological polar surface area (TPSA) is 61.8 Å². The number of aliphatic hydroxyl groups is 1. The summed E-state index contributed by atoms with van der Waals surface area (Å²) in [7, 11) is 0. The highest BCUT2D eigenvalue weighted by Gasteiger charge is 2.06. The average Bonchev–Trinajstić information content (AvgIpc) is 2.47. The van der Waals surface area contributed by atoms with E-state index >= 15 is 0 Å². The number of halogens is 1. The summed E-state index contributed by atoms with van der Waals surface area (Å²) in [5.41, 5.74) is 0. The molecule has 1 heterocycles. The molecular formula is C6H10FN3OS. The lowest BCUT2D eigenvalue weighted by atomic mass is 10.5. The minimum atomic E-state index is -0.922. The second-order valence-corrected chi connectivity index (χ2v) is 3.31. The van der Waals surface area contributed by atoms with Gasteiger partial charge in [-0.05, 0) is 6.92 Å². The van der Waals surface area contributed by atoms with Crippen LogP contribution in [-0.4, -0.2) is 38.8 Å². The highest BCUT2D eigenvalue weighted by atomic mass is 32.2. The molecule has 12 heavy (non-hydrogen) atoms. The molecule has 1 unspecified atom stereocenters. The minimum absolute atomic E-state index is 0.286. The molecule has 0 fully saturated rings. The van der Waals surface area contributed by atoms with Crippen molar-refractivity contribution in [3.8, 4) is 0 Å². The van der Waals surface area contributed by atoms with E-state index in [-0.39, 0.29) is 5.75 Å². The summed E-state index contributed by atoms with van der Waals surface area (Å²) in [6.45, 7) is 1.05. The SMILES string of the molecule is Cc1nc(SCC(O)CF)n[nH]1. The lowest BCUT2D eigenvalue weighted by Gasteiger charge is -2.01. The highest BCUT2D eigenvalue weighted by molar-refractivity contribution is 7.99. The van der Waals surface area contributed by atoms with Crippen molar-refractivity contribution < 1.29 is 9.50 Å². The van der Waals surface area contributed by atoms with E-state index < -0.39 is 12.8 Å². The molecule has 0 saturated carbocycles. The van der Waals surface area contributed by atoms with Gasteiger partial charge in [0.25, 0.3) is 0 Å². The summed E-state index contributed by atoms with van der Waals surface area (Å²) < 4.78 is 11.8. The molecule has 2 N–H and O–H groups in total. The normalized spacial score (nSPS) is 13.2. The predicted octanol–water partition coefficient (Wildman–Crippen LogP) is 0.536. The second kappa shape index (κ2) is 4.42. The van der Waals surface area contributed by atoms with Crippen LogP contribution in [0.1, 0.15) is 5.82 Å². The third kappa shape index (κ3) is 2.78. The second-order valence-electron chi connectivity index (χ2n) is 2.32. The van der Waals surface area contributed by atoms with Gasteiger partial charge in [-0.25, -0.2) is 9.37 Å². The van der Waals surface area contributed by atoms with Crippen LogP contribution in [0.4, 0.5) is 4.39 Å². The zero-order valence-electron chi connectivity index (χ0n) is 6.62. The molecule has 1 aromatic heterocycles. The van der Waals surface area contributed by atoms with Crippen molar-refractivity contribution in [2.45, 2.75) is 18.2 Å². The number of aliphatic hydroxyl groups excluding tert-OH is 1. The van der Waals surface area contributed by atoms with Crippen molar-refractivity contribution in [1.29, 1.82) is 0 Å². The van der Waals surface area contributed by atoms with Crippen molar-refractivity contribution >= 4 is 11.8 Å². The van der Waals surface area contributed by atoms with E-state index in [0.29, 0.717) is 11.0 Å². The summed E-state index contributed by atoms with van der Waals surface area (Å²) in [5, 5.41) is 15.9. The van der Waals surface area contributed by atoms with Crippen LogP contribution < -0.4 is 0 Å². The van der Waals surface area contributed by atoms with E-state index in [1.165, 1.54) is 11.8 Å². The summed E-state index contributed by atoms with van der Waals surface area (Å²) >= 11 is 1.23. The van der Waals surface area contributed by atoms with E-state index in [2.05, 4.69) is 15.2 Å². The van der Waals surface area contributed by atoms with Gasteiger partial charge in [-0.2, -0.15) is 0 Å². The van der Waals surface area contributed by atoms with E-state index in [1.807, 2.05) is 0 Å². The molecule has 0 aliphatic rings. The number of nitrogens with zero attached hydrogens (tertiary/aromatic N) is 2. The Hall–Kier alpha value is -0.620. The molecule has 1 rings (SSSR count). The van der Waals surface area contributed by atoms with Gasteiger partial charge in [0.1, 0.15) is 12.5 Å². The molecule has 0 bridgehead atoms. The summed E-state index contributed by atoms with van der Waals surface area (Å²) in [6, 6.07) is 0. The first-order chi connectivity index (χ1) is 5.72. The summed E-state index contributed by atoms with van der Waals surface area (Å²) in [5.74, 6) is 1.00. The van der Waals surface area contributed by atoms with E-state index in [1.54, 1.807) is 6.92 Å². The Morgan fingerprint density at radius 2 is 2.50 bits per heavy atom. The van der Waals surface area contributed by atoms with Crippen LogP contribution in [0.25, 0.3) is 0 Å². The van der Waals surface area contributed by atoms with Gasteiger partial charge >= 0.3 is 0 Å². The van der Waals surface area contributed by atoms with Crippen molar-refractivity contribution in [2.75, 3.05) is 12.4 Å². The Morgan fingerprint density at radius 3 is 3.00 bits per heavy atom. The van der Waals surface area contributed by atoms with Crippen molar-refractivity contribution in [2.24, 2.45) is 0 Å². The number of nitrogens with one attached hydrogen (secondary N) is 1. The number of alkyl halides is 1. The monoisotopic (exact) mass is 191 g/mol. The maximum atomic E-state index is 11.8. The third-order valence-corrected chi connectivity index (χ3v) is 2.15. The number of aromatic amines is 1. The molecule has 0 amide bonds. The zero-order chi connectivity index (χ0) is 8.97. The number of rotatable bonds is 4. The Balaban J connectivity index is 2.33. The largest absolute Gasteiger partial charge is 0.390 e. The van der Waals surface area contributed by atoms with Crippen LogP contribution in [0, 0.1) is 6.92 Å². The fourth-order valence-corrected chi connectivity index (χ4v) is 1.34. The third-order valence-electron chi connectivity index (χ3n) is 1.16. The maximum absolute atomic E-state index is 11.8. The van der Waals surface area contributed by atoms with Gasteiger partial charge in [-0.1, -0.05) is 11.8 Å². The van der Waals surface area contributed by atoms with Crippen LogP contribution in [0.15, 0.2) is 5.16 Å². The average molecular weight is 191 g/mol. The number of aryl methyl sites for hydroxylation is 1. The molecule has 6 heteroatoms. The number of H-pyrrole nitrogens is 1. The molecule has 1 atom stereocenters. The molecule has 68 valence electrons. The molecule has 0 aliphatic carbocycles. The van der Waals surface area contributed by atoms with Gasteiger partial charge in [0.15, 0.2) is 0 Å². The molecule has 0 spiro atoms. The molecule has 4 nitrogen and oxygen atoms in total. The van der Waals surface area contributed by atoms with E-state index in [9.17, 15) is 4.39 Å². The number of hydrogen-bond donors (Lipinski definition) is 2. The number of aromatic nitrogens is 3. The van der Waals surface area contributed by atoms with Crippen LogP contribution in [0.3, 0.4) is 0 Å². The molecule has 0 aromatic carbocycles. The summed E-state index contributed by atoms with van der Waals surface area (Å²) in [6.07, 6.45) is -0.922. The first kappa shape index (κ1) is 9.47. The maximum Gasteiger partial charge on any atom is 0.208 e. The van der Waals surface area contributed by atoms with Gasteiger partial charge in [0.2, 0.25) is 5.16 Å². The lowest BCUT2D eigenvalue weighted by Crippen LogP contribution is -2.11. The number of hydrogen-bond acceptors (Lipinski definition) is 4. The fraction of sp³-hybridized carbons (Fsp3) is 0.667. The van der Waals surface area contributed by atoms with Crippen molar-refractivity contribution in [3.63, 3.8) is 0 Å². The molecular weight excluding hydrogens is 181 g/mol. The standard InChI is InChI=1S/C6H10FN3OS/c1-4-8-6(10-9-4)12-3-5(11)2-7/h5,11H,2-3H2,1H3,(H,8,9,10). The quantitative estimate of drug-likeness (QED) is 0.682. The smallest absolute Gasteiger partial charge is 0.208 e. The lowest BCUT2D eigenvalue weighted by molar-refractivity contribution is 0.162. The minimum Gasteiger partial charge on any atom is -0.390 e. The van der Waals surface area contributed by atoms with Crippen molar-refractivity contribution in [3.05, 3.63) is 5.82 Å². The van der Waals surface area contributed by atoms with E-state index in [0.717, 1.165) is 0 Å². The Bertz CT molecular complexity index is 242. The van der Waals surface area contributed by atoms with E-state index in [4.69, 9.17) is 5.11 Å². The molecule has 0 aliphatic heterocycles. The first-order valence-electron chi connectivity index (χ1n) is 3.48. The Morgan fingerprint density at radius 1 is 1.75 bits per heavy atom. The summed E-state index contributed by atoms with van der Waals surface area (Å²) in [4.78, 5) is 3.98. The van der Waals surface area contributed by atoms with Gasteiger partial charge in [0, 0.05) is 5.75 Å². The van der Waals surface area contributed by atoms with Gasteiger partial charge in [0.05, 0.1) is 6.10 Å². The van der Waals surface area contributed by atoms with Crippen LogP contribution in [-0.2, 0) is 0 Å². The van der Waals surface area contributed by atoms with Crippen LogP contribution >= 0.6 is 11.8 Å². The molecule has 1 aromatic rings. The van der Waals surface area contributed by atoms with Crippen LogP contribution in [0.5, 0.6) is 0 Å². The van der Waals surface area contributed by atoms with Crippen molar-refractivity contribution in [1.82, 2.24) is 15.2 Å². The molecule has 0 radical (unpaired) electrons. The van der Waals surface area contributed by atoms with Gasteiger partial charge < -0.3 is 5.11 Å².